The Morgan fingerprint density at radius 1 is 1.29 bits per heavy atom. The van der Waals surface area contributed by atoms with Crippen molar-refractivity contribution < 1.29 is 19.1 Å². The predicted octanol–water partition coefficient (Wildman–Crippen LogP) is 2.97. The van der Waals surface area contributed by atoms with Crippen LogP contribution >= 0.6 is 0 Å². The number of carboxylic acids is 1. The van der Waals surface area contributed by atoms with Crippen LogP contribution < -0.4 is 5.32 Å². The number of nitrogens with one attached hydrogen (secondary N) is 1. The van der Waals surface area contributed by atoms with Crippen LogP contribution in [0.25, 0.3) is 0 Å². The fraction of sp³-hybridized carbons (Fsp3) is 0.368. The van der Waals surface area contributed by atoms with Gasteiger partial charge in [-0.2, -0.15) is 0 Å². The zero-order chi connectivity index (χ0) is 17.1. The third-order valence-electron chi connectivity index (χ3n) is 4.40. The zero-order valence-corrected chi connectivity index (χ0v) is 13.6. The third kappa shape index (κ3) is 3.85. The third-order valence-corrected chi connectivity index (χ3v) is 4.40. The highest BCUT2D eigenvalue weighted by atomic mass is 16.4. The molecule has 5 nitrogen and oxygen atoms in total. The number of carbonyl (C=O) groups is 2. The quantitative estimate of drug-likeness (QED) is 0.819. The highest BCUT2D eigenvalue weighted by Crippen LogP contribution is 2.34. The fourth-order valence-electron chi connectivity index (χ4n) is 3.01. The van der Waals surface area contributed by atoms with Crippen molar-refractivity contribution >= 4 is 11.9 Å². The van der Waals surface area contributed by atoms with Crippen molar-refractivity contribution in [2.45, 2.75) is 38.6 Å². The molecule has 5 heteroatoms. The van der Waals surface area contributed by atoms with Gasteiger partial charge in [-0.3, -0.25) is 9.59 Å². The van der Waals surface area contributed by atoms with Gasteiger partial charge in [-0.25, -0.2) is 0 Å². The van der Waals surface area contributed by atoms with Gasteiger partial charge >= 0.3 is 5.97 Å². The summed E-state index contributed by atoms with van der Waals surface area (Å²) >= 11 is 0. The lowest BCUT2D eigenvalue weighted by atomic mass is 10.0. The van der Waals surface area contributed by atoms with Gasteiger partial charge in [0.05, 0.1) is 11.8 Å². The second kappa shape index (κ2) is 6.91. The molecule has 1 aliphatic rings. The molecule has 24 heavy (non-hydrogen) atoms. The van der Waals surface area contributed by atoms with E-state index in [1.165, 1.54) is 11.8 Å². The first-order valence-corrected chi connectivity index (χ1v) is 8.18. The monoisotopic (exact) mass is 327 g/mol. The van der Waals surface area contributed by atoms with Crippen LogP contribution in [0.4, 0.5) is 0 Å². The average molecular weight is 327 g/mol. The van der Waals surface area contributed by atoms with Crippen LogP contribution in [0, 0.1) is 12.8 Å². The summed E-state index contributed by atoms with van der Waals surface area (Å²) in [5.41, 5.74) is 2.21. The maximum absolute atomic E-state index is 12.7. The number of aliphatic carboxylic acids is 1. The van der Waals surface area contributed by atoms with E-state index in [1.807, 2.05) is 18.2 Å². The van der Waals surface area contributed by atoms with Gasteiger partial charge < -0.3 is 14.8 Å². The summed E-state index contributed by atoms with van der Waals surface area (Å²) < 4.78 is 5.26. The van der Waals surface area contributed by atoms with E-state index in [9.17, 15) is 9.59 Å². The fourth-order valence-corrected chi connectivity index (χ4v) is 3.01. The summed E-state index contributed by atoms with van der Waals surface area (Å²) in [6.07, 6.45) is 4.16. The maximum atomic E-state index is 12.7. The SMILES string of the molecule is Cc1coc(CC(=O)O)c1C(=O)NC(Cc1ccccc1)C1CC1. The molecule has 0 radical (unpaired) electrons. The Kier molecular flexibility index (Phi) is 4.69. The molecule has 1 aromatic carbocycles. The van der Waals surface area contributed by atoms with Crippen molar-refractivity contribution in [1.82, 2.24) is 5.32 Å². The number of rotatable bonds is 7. The molecule has 0 aliphatic heterocycles. The number of furan rings is 1. The van der Waals surface area contributed by atoms with Crippen molar-refractivity contribution in [2.24, 2.45) is 5.92 Å². The minimum absolute atomic E-state index is 0.0619. The van der Waals surface area contributed by atoms with Gasteiger partial charge in [0.15, 0.2) is 0 Å². The molecule has 1 aliphatic carbocycles. The molecule has 1 amide bonds. The van der Waals surface area contributed by atoms with Gasteiger partial charge in [-0.05, 0) is 37.7 Å². The molecule has 0 saturated heterocycles. The van der Waals surface area contributed by atoms with Crippen LogP contribution in [0.3, 0.4) is 0 Å². The van der Waals surface area contributed by atoms with E-state index in [0.29, 0.717) is 17.0 Å². The second-order valence-electron chi connectivity index (χ2n) is 6.39. The van der Waals surface area contributed by atoms with Gasteiger partial charge in [-0.15, -0.1) is 0 Å². The van der Waals surface area contributed by atoms with Crippen molar-refractivity contribution in [3.05, 3.63) is 59.0 Å². The Hall–Kier alpha value is -2.56. The first-order chi connectivity index (χ1) is 11.5. The van der Waals surface area contributed by atoms with E-state index in [1.54, 1.807) is 6.92 Å². The number of aryl methyl sites for hydroxylation is 1. The predicted molar refractivity (Wildman–Crippen MR) is 88.9 cm³/mol. The minimum Gasteiger partial charge on any atom is -0.481 e. The average Bonchev–Trinajstić information content (AvgIpc) is 3.32. The van der Waals surface area contributed by atoms with Gasteiger partial charge in [0, 0.05) is 11.6 Å². The maximum Gasteiger partial charge on any atom is 0.311 e. The van der Waals surface area contributed by atoms with E-state index < -0.39 is 5.97 Å². The van der Waals surface area contributed by atoms with Crippen molar-refractivity contribution in [1.29, 1.82) is 0 Å². The molecule has 1 unspecified atom stereocenters. The van der Waals surface area contributed by atoms with Gasteiger partial charge in [0.1, 0.15) is 12.2 Å². The lowest BCUT2D eigenvalue weighted by Crippen LogP contribution is -2.38. The summed E-state index contributed by atoms with van der Waals surface area (Å²) in [5, 5.41) is 12.1. The molecule has 1 atom stereocenters. The number of carboxylic acid groups (broad SMARTS) is 1. The first-order valence-electron chi connectivity index (χ1n) is 8.18. The molecular formula is C19H21NO4. The minimum atomic E-state index is -1.01. The summed E-state index contributed by atoms with van der Waals surface area (Å²) in [7, 11) is 0. The molecule has 1 aromatic heterocycles. The zero-order valence-electron chi connectivity index (χ0n) is 13.6. The number of amides is 1. The molecule has 126 valence electrons. The van der Waals surface area contributed by atoms with Gasteiger partial charge in [-0.1, -0.05) is 30.3 Å². The molecule has 1 fully saturated rings. The van der Waals surface area contributed by atoms with E-state index in [2.05, 4.69) is 17.4 Å². The van der Waals surface area contributed by atoms with Crippen molar-refractivity contribution in [2.75, 3.05) is 0 Å². The molecule has 3 rings (SSSR count). The van der Waals surface area contributed by atoms with Crippen molar-refractivity contribution in [3.8, 4) is 0 Å². The van der Waals surface area contributed by atoms with Crippen LogP contribution in [0.15, 0.2) is 41.0 Å². The highest BCUT2D eigenvalue weighted by molar-refractivity contribution is 5.97. The number of benzene rings is 1. The van der Waals surface area contributed by atoms with E-state index in [4.69, 9.17) is 9.52 Å². The Balaban J connectivity index is 1.74. The lowest BCUT2D eigenvalue weighted by Gasteiger charge is -2.18. The Morgan fingerprint density at radius 3 is 2.62 bits per heavy atom. The number of hydrogen-bond donors (Lipinski definition) is 2. The Bertz CT molecular complexity index is 731. The van der Waals surface area contributed by atoms with Crippen LogP contribution in [-0.2, 0) is 17.6 Å². The Labute approximate surface area is 140 Å². The van der Waals surface area contributed by atoms with Crippen LogP contribution in [0.1, 0.15) is 40.1 Å². The standard InChI is InChI=1S/C19H21NO4/c1-12-11-24-16(10-17(21)22)18(12)19(23)20-15(14-7-8-14)9-13-5-3-2-4-6-13/h2-6,11,14-15H,7-10H2,1H3,(H,20,23)(H,21,22). The Morgan fingerprint density at radius 2 is 2.00 bits per heavy atom. The van der Waals surface area contributed by atoms with E-state index >= 15 is 0 Å². The summed E-state index contributed by atoms with van der Waals surface area (Å²) in [6, 6.07) is 10.1. The van der Waals surface area contributed by atoms with Gasteiger partial charge in [0.25, 0.3) is 5.91 Å². The van der Waals surface area contributed by atoms with Crippen LogP contribution in [-0.4, -0.2) is 23.0 Å². The van der Waals surface area contributed by atoms with Crippen LogP contribution in [0.2, 0.25) is 0 Å². The molecule has 0 spiro atoms. The topological polar surface area (TPSA) is 79.5 Å². The normalized spacial score (nSPS) is 15.0. The lowest BCUT2D eigenvalue weighted by molar-refractivity contribution is -0.136. The van der Waals surface area contributed by atoms with E-state index in [0.717, 1.165) is 19.3 Å². The molecule has 2 aromatic rings. The van der Waals surface area contributed by atoms with Crippen LogP contribution in [0.5, 0.6) is 0 Å². The first kappa shape index (κ1) is 16.3. The largest absolute Gasteiger partial charge is 0.481 e. The second-order valence-corrected chi connectivity index (χ2v) is 6.39. The summed E-state index contributed by atoms with van der Waals surface area (Å²) in [4.78, 5) is 23.6. The molecule has 0 bridgehead atoms. The highest BCUT2D eigenvalue weighted by Gasteiger charge is 2.33. The summed E-state index contributed by atoms with van der Waals surface area (Å²) in [5.74, 6) is -0.553. The number of hydrogen-bond acceptors (Lipinski definition) is 3. The number of carbonyl (C=O) groups excluding carboxylic acids is 1. The smallest absolute Gasteiger partial charge is 0.311 e. The molecular weight excluding hydrogens is 306 g/mol. The molecule has 1 saturated carbocycles. The molecule has 2 N–H and O–H groups in total. The van der Waals surface area contributed by atoms with E-state index in [-0.39, 0.29) is 24.1 Å². The van der Waals surface area contributed by atoms with Gasteiger partial charge in [0.2, 0.25) is 0 Å². The summed E-state index contributed by atoms with van der Waals surface area (Å²) in [6.45, 7) is 1.76. The van der Waals surface area contributed by atoms with Crippen molar-refractivity contribution in [3.63, 3.8) is 0 Å². The molecule has 1 heterocycles.